The molecule has 0 radical (unpaired) electrons. The second-order valence-corrected chi connectivity index (χ2v) is 5.00. The van der Waals surface area contributed by atoms with Gasteiger partial charge in [-0.25, -0.2) is 0 Å². The van der Waals surface area contributed by atoms with Crippen LogP contribution in [0.4, 0.5) is 5.69 Å². The summed E-state index contributed by atoms with van der Waals surface area (Å²) in [6.07, 6.45) is 0. The van der Waals surface area contributed by atoms with Crippen LogP contribution in [0, 0.1) is 0 Å². The number of rotatable bonds is 4. The first kappa shape index (κ1) is 14.1. The number of hydrogen-bond donors (Lipinski definition) is 1. The average molecular weight is 296 g/mol. The molecule has 5 heteroatoms. The zero-order valence-corrected chi connectivity index (χ0v) is 12.0. The smallest absolute Gasteiger partial charge is 0.265 e. The Labute approximate surface area is 128 Å². The molecule has 3 rings (SSSR count). The van der Waals surface area contributed by atoms with Crippen LogP contribution in [0.25, 0.3) is 0 Å². The number of fused-ring (bicyclic) bond motifs is 1. The minimum Gasteiger partial charge on any atom is -0.482 e. The van der Waals surface area contributed by atoms with Crippen LogP contribution >= 0.6 is 0 Å². The number of nitrogens with one attached hydrogen (secondary N) is 1. The third kappa shape index (κ3) is 3.09. The summed E-state index contributed by atoms with van der Waals surface area (Å²) in [5.74, 6) is 0.209. The number of carbonyl (C=O) groups excluding carboxylic acids is 2. The summed E-state index contributed by atoms with van der Waals surface area (Å²) in [6, 6.07) is 16.9. The van der Waals surface area contributed by atoms with E-state index in [-0.39, 0.29) is 25.0 Å². The van der Waals surface area contributed by atoms with Crippen molar-refractivity contribution in [3.05, 3.63) is 60.2 Å². The van der Waals surface area contributed by atoms with Gasteiger partial charge in [0.25, 0.3) is 5.91 Å². The highest BCUT2D eigenvalue weighted by atomic mass is 16.5. The molecule has 0 aliphatic carbocycles. The first-order valence-corrected chi connectivity index (χ1v) is 7.07. The number of para-hydroxylation sites is 2. The van der Waals surface area contributed by atoms with E-state index >= 15 is 0 Å². The Morgan fingerprint density at radius 2 is 1.82 bits per heavy atom. The molecule has 0 saturated heterocycles. The maximum absolute atomic E-state index is 12.1. The van der Waals surface area contributed by atoms with E-state index in [2.05, 4.69) is 5.32 Å². The van der Waals surface area contributed by atoms with Gasteiger partial charge in [0.2, 0.25) is 5.91 Å². The summed E-state index contributed by atoms with van der Waals surface area (Å²) in [6.45, 7) is 0.398. The lowest BCUT2D eigenvalue weighted by atomic mass is 10.2. The average Bonchev–Trinajstić information content (AvgIpc) is 2.56. The van der Waals surface area contributed by atoms with Gasteiger partial charge in [-0.2, -0.15) is 0 Å². The Morgan fingerprint density at radius 3 is 2.64 bits per heavy atom. The van der Waals surface area contributed by atoms with Gasteiger partial charge in [0.1, 0.15) is 12.3 Å². The molecule has 2 aromatic rings. The molecule has 1 aliphatic heterocycles. The molecule has 2 amide bonds. The Hall–Kier alpha value is -2.82. The normalized spacial score (nSPS) is 13.3. The molecule has 0 unspecified atom stereocenters. The molecule has 22 heavy (non-hydrogen) atoms. The summed E-state index contributed by atoms with van der Waals surface area (Å²) in [4.78, 5) is 25.5. The number of ether oxygens (including phenoxy) is 1. The van der Waals surface area contributed by atoms with Crippen molar-refractivity contribution in [3.63, 3.8) is 0 Å². The van der Waals surface area contributed by atoms with Gasteiger partial charge in [-0.3, -0.25) is 14.5 Å². The highest BCUT2D eigenvalue weighted by Gasteiger charge is 2.26. The second-order valence-electron chi connectivity index (χ2n) is 5.00. The lowest BCUT2D eigenvalue weighted by Crippen LogP contribution is -2.45. The van der Waals surface area contributed by atoms with Crippen molar-refractivity contribution in [1.82, 2.24) is 5.32 Å². The van der Waals surface area contributed by atoms with Gasteiger partial charge in [-0.05, 0) is 17.7 Å². The van der Waals surface area contributed by atoms with Gasteiger partial charge in [-0.15, -0.1) is 0 Å². The Bertz CT molecular complexity index is 685. The van der Waals surface area contributed by atoms with Crippen LogP contribution in [0.2, 0.25) is 0 Å². The van der Waals surface area contributed by atoms with E-state index in [1.165, 1.54) is 4.90 Å². The zero-order valence-electron chi connectivity index (χ0n) is 12.0. The molecule has 0 fully saturated rings. The lowest BCUT2D eigenvalue weighted by Gasteiger charge is -2.28. The van der Waals surface area contributed by atoms with Crippen molar-refractivity contribution >= 4 is 17.5 Å². The number of hydrogen-bond acceptors (Lipinski definition) is 3. The fraction of sp³-hybridized carbons (Fsp3) is 0.176. The summed E-state index contributed by atoms with van der Waals surface area (Å²) in [7, 11) is 0. The summed E-state index contributed by atoms with van der Waals surface area (Å²) >= 11 is 0. The zero-order chi connectivity index (χ0) is 15.4. The van der Waals surface area contributed by atoms with Crippen LogP contribution in [0.5, 0.6) is 5.75 Å². The maximum atomic E-state index is 12.1. The van der Waals surface area contributed by atoms with E-state index < -0.39 is 0 Å². The predicted octanol–water partition coefficient (Wildman–Crippen LogP) is 1.73. The quantitative estimate of drug-likeness (QED) is 0.934. The second kappa shape index (κ2) is 6.30. The Balaban J connectivity index is 1.65. The topological polar surface area (TPSA) is 58.6 Å². The van der Waals surface area contributed by atoms with Crippen LogP contribution < -0.4 is 15.0 Å². The van der Waals surface area contributed by atoms with Crippen molar-refractivity contribution < 1.29 is 14.3 Å². The van der Waals surface area contributed by atoms with Gasteiger partial charge in [0.05, 0.1) is 5.69 Å². The molecular formula is C17H16N2O3. The van der Waals surface area contributed by atoms with E-state index in [0.29, 0.717) is 18.0 Å². The van der Waals surface area contributed by atoms with Crippen LogP contribution in [-0.2, 0) is 16.1 Å². The molecule has 0 aromatic heterocycles. The number of amides is 2. The van der Waals surface area contributed by atoms with Gasteiger partial charge in [0.15, 0.2) is 6.61 Å². The van der Waals surface area contributed by atoms with Crippen LogP contribution in [0.3, 0.4) is 0 Å². The van der Waals surface area contributed by atoms with Crippen LogP contribution in [0.15, 0.2) is 54.6 Å². The van der Waals surface area contributed by atoms with Crippen molar-refractivity contribution in [2.45, 2.75) is 6.54 Å². The van der Waals surface area contributed by atoms with Crippen LogP contribution in [-0.4, -0.2) is 25.0 Å². The molecule has 0 spiro atoms. The SMILES string of the molecule is O=C(CN1C(=O)COc2ccccc21)NCc1ccccc1. The maximum Gasteiger partial charge on any atom is 0.265 e. The summed E-state index contributed by atoms with van der Waals surface area (Å²) in [5.41, 5.74) is 1.65. The highest BCUT2D eigenvalue weighted by molar-refractivity contribution is 6.02. The monoisotopic (exact) mass is 296 g/mol. The molecule has 0 atom stereocenters. The third-order valence-corrected chi connectivity index (χ3v) is 3.44. The number of benzene rings is 2. The predicted molar refractivity (Wildman–Crippen MR) is 82.6 cm³/mol. The van der Waals surface area contributed by atoms with Crippen molar-refractivity contribution in [2.75, 3.05) is 18.1 Å². The molecule has 1 aliphatic rings. The molecule has 0 saturated carbocycles. The molecule has 1 heterocycles. The summed E-state index contributed by atoms with van der Waals surface area (Å²) < 4.78 is 5.35. The van der Waals surface area contributed by atoms with E-state index in [1.807, 2.05) is 42.5 Å². The molecule has 0 bridgehead atoms. The fourth-order valence-corrected chi connectivity index (χ4v) is 2.32. The van der Waals surface area contributed by atoms with E-state index in [4.69, 9.17) is 4.74 Å². The van der Waals surface area contributed by atoms with Gasteiger partial charge >= 0.3 is 0 Å². The fourth-order valence-electron chi connectivity index (χ4n) is 2.32. The molecule has 112 valence electrons. The third-order valence-electron chi connectivity index (χ3n) is 3.44. The van der Waals surface area contributed by atoms with Crippen LogP contribution in [0.1, 0.15) is 5.56 Å². The molecule has 2 aromatic carbocycles. The van der Waals surface area contributed by atoms with E-state index in [9.17, 15) is 9.59 Å². The van der Waals surface area contributed by atoms with Gasteiger partial charge in [0, 0.05) is 6.54 Å². The summed E-state index contributed by atoms with van der Waals surface area (Å²) in [5, 5.41) is 2.82. The van der Waals surface area contributed by atoms with Crippen molar-refractivity contribution in [3.8, 4) is 5.75 Å². The van der Waals surface area contributed by atoms with Gasteiger partial charge < -0.3 is 10.1 Å². The molecule has 1 N–H and O–H groups in total. The van der Waals surface area contributed by atoms with Crippen molar-refractivity contribution in [1.29, 1.82) is 0 Å². The van der Waals surface area contributed by atoms with Gasteiger partial charge in [-0.1, -0.05) is 42.5 Å². The number of nitrogens with zero attached hydrogens (tertiary/aromatic N) is 1. The molecular weight excluding hydrogens is 280 g/mol. The largest absolute Gasteiger partial charge is 0.482 e. The number of carbonyl (C=O) groups is 2. The lowest BCUT2D eigenvalue weighted by molar-refractivity contribution is -0.125. The Kier molecular flexibility index (Phi) is 4.05. The first-order chi connectivity index (χ1) is 10.7. The Morgan fingerprint density at radius 1 is 1.09 bits per heavy atom. The van der Waals surface area contributed by atoms with E-state index in [1.54, 1.807) is 12.1 Å². The molecule has 5 nitrogen and oxygen atoms in total. The number of anilines is 1. The standard InChI is InChI=1S/C17H16N2O3/c20-16(18-10-13-6-2-1-3-7-13)11-19-14-8-4-5-9-15(14)22-12-17(19)21/h1-9H,10-12H2,(H,18,20). The first-order valence-electron chi connectivity index (χ1n) is 7.07. The van der Waals surface area contributed by atoms with Crippen molar-refractivity contribution in [2.24, 2.45) is 0 Å². The highest BCUT2D eigenvalue weighted by Crippen LogP contribution is 2.31. The minimum atomic E-state index is -0.214. The minimum absolute atomic E-state index is 0.00790. The van der Waals surface area contributed by atoms with E-state index in [0.717, 1.165) is 5.56 Å².